The van der Waals surface area contributed by atoms with Crippen LogP contribution in [0.25, 0.3) is 0 Å². The van der Waals surface area contributed by atoms with Gasteiger partial charge in [-0.15, -0.1) is 0 Å². The molecular formula is C26H42N6. The molecule has 4 aromatic heterocycles. The Morgan fingerprint density at radius 3 is 1.62 bits per heavy atom. The van der Waals surface area contributed by atoms with Crippen LogP contribution in [0.4, 0.5) is 0 Å². The lowest BCUT2D eigenvalue weighted by molar-refractivity contribution is 0.604. The Labute approximate surface area is 193 Å². The molecule has 0 fully saturated rings. The first-order valence-corrected chi connectivity index (χ1v) is 11.5. The van der Waals surface area contributed by atoms with E-state index >= 15 is 0 Å². The van der Waals surface area contributed by atoms with E-state index in [1.807, 2.05) is 36.8 Å². The Balaban J connectivity index is 0.000000213. The zero-order valence-electron chi connectivity index (χ0n) is 21.0. The monoisotopic (exact) mass is 438 g/mol. The predicted molar refractivity (Wildman–Crippen MR) is 135 cm³/mol. The highest BCUT2D eigenvalue weighted by molar-refractivity contribution is 5.07. The molecule has 0 aliphatic heterocycles. The van der Waals surface area contributed by atoms with Crippen molar-refractivity contribution in [2.75, 3.05) is 0 Å². The van der Waals surface area contributed by atoms with Crippen LogP contribution in [0.5, 0.6) is 0 Å². The van der Waals surface area contributed by atoms with Crippen molar-refractivity contribution in [2.24, 2.45) is 0 Å². The van der Waals surface area contributed by atoms with Gasteiger partial charge < -0.3 is 19.5 Å². The largest absolute Gasteiger partial charge is 0.365 e. The van der Waals surface area contributed by atoms with Crippen molar-refractivity contribution in [1.82, 2.24) is 29.5 Å². The highest BCUT2D eigenvalue weighted by atomic mass is 15.0. The molecule has 0 radical (unpaired) electrons. The molecule has 0 aromatic carbocycles. The van der Waals surface area contributed by atoms with E-state index < -0.39 is 0 Å². The zero-order chi connectivity index (χ0) is 23.9. The Kier molecular flexibility index (Phi) is 12.6. The lowest BCUT2D eigenvalue weighted by Crippen LogP contribution is -1.94. The first-order chi connectivity index (χ1) is 15.2. The summed E-state index contributed by atoms with van der Waals surface area (Å²) in [7, 11) is 0. The van der Waals surface area contributed by atoms with Gasteiger partial charge in [0, 0.05) is 60.5 Å². The van der Waals surface area contributed by atoms with Gasteiger partial charge in [-0.25, -0.2) is 9.97 Å². The summed E-state index contributed by atoms with van der Waals surface area (Å²) in [5.74, 6) is 2.78. The van der Waals surface area contributed by atoms with Crippen LogP contribution in [0, 0.1) is 0 Å². The smallest absolute Gasteiger partial charge is 0.108 e. The molecule has 0 aliphatic carbocycles. The summed E-state index contributed by atoms with van der Waals surface area (Å²) in [5.41, 5.74) is 2.51. The minimum Gasteiger partial charge on any atom is -0.365 e. The van der Waals surface area contributed by atoms with E-state index in [0.29, 0.717) is 23.8 Å². The molecule has 0 amide bonds. The second-order valence-electron chi connectivity index (χ2n) is 8.79. The van der Waals surface area contributed by atoms with Crippen LogP contribution in [-0.4, -0.2) is 29.5 Å². The molecule has 0 spiro atoms. The van der Waals surface area contributed by atoms with Gasteiger partial charge in [-0.05, 0) is 49.9 Å². The first kappa shape index (κ1) is 27.0. The van der Waals surface area contributed by atoms with E-state index in [1.54, 1.807) is 12.5 Å². The van der Waals surface area contributed by atoms with Gasteiger partial charge in [-0.3, -0.25) is 0 Å². The van der Waals surface area contributed by atoms with E-state index in [4.69, 9.17) is 0 Å². The third-order valence-corrected chi connectivity index (χ3v) is 4.68. The highest BCUT2D eigenvalue weighted by Crippen LogP contribution is 2.09. The standard InChI is InChI=1S/2C7H11N.2C6H10N2/c1-7(2)8-5-3-4-6-8;1-6(2)7-4-3-5-8-7;1-5(2)6-3-7-4-8-6;1-5(2)6-7-3-4-8-6/h3-7H,1-2H3;3-6,8H,1-2H3;2*3-5H,1-2H3,(H,7,8). The van der Waals surface area contributed by atoms with Gasteiger partial charge in [0.25, 0.3) is 0 Å². The lowest BCUT2D eigenvalue weighted by atomic mass is 10.1. The van der Waals surface area contributed by atoms with E-state index in [2.05, 4.69) is 103 Å². The van der Waals surface area contributed by atoms with Gasteiger partial charge in [-0.1, -0.05) is 41.5 Å². The molecule has 32 heavy (non-hydrogen) atoms. The average Bonchev–Trinajstić information content (AvgIpc) is 3.56. The van der Waals surface area contributed by atoms with Gasteiger partial charge in [0.15, 0.2) is 0 Å². The molecule has 6 heteroatoms. The maximum absolute atomic E-state index is 4.06. The summed E-state index contributed by atoms with van der Waals surface area (Å²) in [4.78, 5) is 17.1. The number of imidazole rings is 2. The number of hydrogen-bond acceptors (Lipinski definition) is 2. The number of aromatic nitrogens is 6. The van der Waals surface area contributed by atoms with Crippen molar-refractivity contribution >= 4 is 0 Å². The molecule has 6 nitrogen and oxygen atoms in total. The van der Waals surface area contributed by atoms with Crippen molar-refractivity contribution in [3.05, 3.63) is 85.0 Å². The van der Waals surface area contributed by atoms with Gasteiger partial charge >= 0.3 is 0 Å². The number of hydrogen-bond donors (Lipinski definition) is 3. The van der Waals surface area contributed by atoms with Crippen LogP contribution in [0.15, 0.2) is 67.8 Å². The normalized spacial score (nSPS) is 10.4. The molecule has 3 N–H and O–H groups in total. The topological polar surface area (TPSA) is 78.1 Å². The molecule has 0 bridgehead atoms. The zero-order valence-corrected chi connectivity index (χ0v) is 21.0. The molecule has 0 saturated heterocycles. The predicted octanol–water partition coefficient (Wildman–Crippen LogP) is 7.27. The fourth-order valence-electron chi connectivity index (χ4n) is 2.57. The second-order valence-corrected chi connectivity index (χ2v) is 8.79. The van der Waals surface area contributed by atoms with Gasteiger partial charge in [-0.2, -0.15) is 0 Å². The minimum absolute atomic E-state index is 0.519. The summed E-state index contributed by atoms with van der Waals surface area (Å²) in [5, 5.41) is 0. The number of nitrogens with zero attached hydrogens (tertiary/aromatic N) is 3. The van der Waals surface area contributed by atoms with Gasteiger partial charge in [0.05, 0.1) is 6.33 Å². The summed E-state index contributed by atoms with van der Waals surface area (Å²) in [6.07, 6.45) is 13.3. The Hall–Kier alpha value is -3.02. The molecule has 4 rings (SSSR count). The maximum Gasteiger partial charge on any atom is 0.108 e. The fraction of sp³-hybridized carbons (Fsp3) is 0.462. The van der Waals surface area contributed by atoms with E-state index in [0.717, 1.165) is 5.82 Å². The Morgan fingerprint density at radius 1 is 0.719 bits per heavy atom. The van der Waals surface area contributed by atoms with E-state index in [-0.39, 0.29) is 0 Å². The Bertz CT molecular complexity index is 716. The second kappa shape index (κ2) is 14.9. The molecule has 0 atom stereocenters. The van der Waals surface area contributed by atoms with Crippen molar-refractivity contribution in [3.63, 3.8) is 0 Å². The van der Waals surface area contributed by atoms with Crippen molar-refractivity contribution in [1.29, 1.82) is 0 Å². The summed E-state index contributed by atoms with van der Waals surface area (Å²) < 4.78 is 2.17. The molecular weight excluding hydrogens is 396 g/mol. The van der Waals surface area contributed by atoms with Crippen molar-refractivity contribution < 1.29 is 0 Å². The molecule has 0 saturated carbocycles. The lowest BCUT2D eigenvalue weighted by Gasteiger charge is -2.03. The number of H-pyrrole nitrogens is 3. The summed E-state index contributed by atoms with van der Waals surface area (Å²) in [6.45, 7) is 17.2. The molecule has 0 unspecified atom stereocenters. The number of nitrogens with one attached hydrogen (secondary N) is 3. The average molecular weight is 439 g/mol. The van der Waals surface area contributed by atoms with E-state index in [1.165, 1.54) is 11.4 Å². The van der Waals surface area contributed by atoms with Crippen LogP contribution in [0.2, 0.25) is 0 Å². The summed E-state index contributed by atoms with van der Waals surface area (Å²) >= 11 is 0. The third-order valence-electron chi connectivity index (χ3n) is 4.68. The molecule has 176 valence electrons. The quantitative estimate of drug-likeness (QED) is 0.313. The molecule has 4 aromatic rings. The SMILES string of the molecule is CC(C)c1ccc[nH]1.CC(C)c1cnc[nH]1.CC(C)c1ncc[nH]1.CC(C)n1cccc1. The van der Waals surface area contributed by atoms with Crippen LogP contribution in [0.3, 0.4) is 0 Å². The van der Waals surface area contributed by atoms with E-state index in [9.17, 15) is 0 Å². The summed E-state index contributed by atoms with van der Waals surface area (Å²) in [6, 6.07) is 8.81. The van der Waals surface area contributed by atoms with Crippen molar-refractivity contribution in [2.45, 2.75) is 79.2 Å². The molecule has 4 heterocycles. The fourth-order valence-corrected chi connectivity index (χ4v) is 2.57. The minimum atomic E-state index is 0.519. The van der Waals surface area contributed by atoms with Crippen LogP contribution in [-0.2, 0) is 0 Å². The highest BCUT2D eigenvalue weighted by Gasteiger charge is 1.97. The number of aromatic amines is 3. The van der Waals surface area contributed by atoms with Crippen LogP contribution in [0.1, 0.15) is 96.4 Å². The van der Waals surface area contributed by atoms with Crippen molar-refractivity contribution in [3.8, 4) is 0 Å². The van der Waals surface area contributed by atoms with Crippen LogP contribution < -0.4 is 0 Å². The molecule has 0 aliphatic rings. The third kappa shape index (κ3) is 10.8. The Morgan fingerprint density at radius 2 is 1.38 bits per heavy atom. The number of rotatable bonds is 4. The first-order valence-electron chi connectivity index (χ1n) is 11.5. The maximum atomic E-state index is 4.06. The van der Waals surface area contributed by atoms with Crippen LogP contribution >= 0.6 is 0 Å². The van der Waals surface area contributed by atoms with Gasteiger partial charge in [0.1, 0.15) is 5.82 Å². The van der Waals surface area contributed by atoms with Gasteiger partial charge in [0.2, 0.25) is 0 Å².